The molecule has 0 fully saturated rings. The van der Waals surface area contributed by atoms with Gasteiger partial charge in [-0.25, -0.2) is 4.48 Å². The van der Waals surface area contributed by atoms with Crippen LogP contribution in [-0.4, -0.2) is 7.05 Å². The third-order valence-electron chi connectivity index (χ3n) is 7.12. The Labute approximate surface area is 209 Å². The predicted octanol–water partition coefficient (Wildman–Crippen LogP) is 9.08. The minimum atomic E-state index is 0.197. The van der Waals surface area contributed by atoms with Gasteiger partial charge in [0.25, 0.3) is 0 Å². The first kappa shape index (κ1) is 22.8. The van der Waals surface area contributed by atoms with Crippen LogP contribution in [0.25, 0.3) is 0 Å². The number of quaternary nitrogens is 1. The highest BCUT2D eigenvalue weighted by Gasteiger charge is 2.33. The minimum absolute atomic E-state index is 0.197. The zero-order valence-electron chi connectivity index (χ0n) is 20.7. The van der Waals surface area contributed by atoms with Gasteiger partial charge in [0.2, 0.25) is 0 Å². The second-order valence-corrected chi connectivity index (χ2v) is 9.48. The molecule has 5 rings (SSSR count). The van der Waals surface area contributed by atoms with Crippen molar-refractivity contribution in [2.24, 2.45) is 0 Å². The van der Waals surface area contributed by atoms with E-state index in [1.54, 1.807) is 0 Å². The molecule has 1 nitrogen and oxygen atoms in total. The van der Waals surface area contributed by atoms with Crippen molar-refractivity contribution in [2.45, 2.75) is 19.8 Å². The van der Waals surface area contributed by atoms with Crippen molar-refractivity contribution in [3.63, 3.8) is 0 Å². The van der Waals surface area contributed by atoms with Crippen molar-refractivity contribution in [1.82, 2.24) is 4.48 Å². The third-order valence-corrected chi connectivity index (χ3v) is 7.12. The monoisotopic (exact) mass is 454 g/mol. The van der Waals surface area contributed by atoms with E-state index in [1.165, 1.54) is 44.9 Å². The van der Waals surface area contributed by atoms with Gasteiger partial charge < -0.3 is 0 Å². The van der Waals surface area contributed by atoms with Gasteiger partial charge in [-0.2, -0.15) is 0 Å². The molecule has 5 aromatic carbocycles. The summed E-state index contributed by atoms with van der Waals surface area (Å²) >= 11 is 0. The molecule has 0 amide bonds. The fraction of sp³-hybridized carbons (Fsp3) is 0.118. The van der Waals surface area contributed by atoms with E-state index in [-0.39, 0.29) is 5.92 Å². The zero-order chi connectivity index (χ0) is 24.3. The Morgan fingerprint density at radius 1 is 0.486 bits per heavy atom. The predicted molar refractivity (Wildman–Crippen MR) is 150 cm³/mol. The number of para-hydroxylation sites is 1. The second-order valence-electron chi connectivity index (χ2n) is 9.48. The van der Waals surface area contributed by atoms with Crippen LogP contribution in [0.2, 0.25) is 0 Å². The van der Waals surface area contributed by atoms with Gasteiger partial charge in [-0.3, -0.25) is 0 Å². The normalized spacial score (nSPS) is 12.9. The van der Waals surface area contributed by atoms with Crippen LogP contribution in [0, 0.1) is 13.8 Å². The molecule has 0 aliphatic carbocycles. The minimum Gasteiger partial charge on any atom is -0.229 e. The van der Waals surface area contributed by atoms with Crippen LogP contribution in [0.3, 0.4) is 0 Å². The molecule has 1 unspecified atom stereocenters. The Bertz CT molecular complexity index is 1350. The first-order chi connectivity index (χ1) is 17.1. The van der Waals surface area contributed by atoms with Gasteiger partial charge in [0.15, 0.2) is 0 Å². The summed E-state index contributed by atoms with van der Waals surface area (Å²) in [6.07, 6.45) is 0. The molecule has 0 saturated heterocycles. The molecule has 5 aromatic rings. The van der Waals surface area contributed by atoms with E-state index < -0.39 is 0 Å². The molecule has 0 spiro atoms. The van der Waals surface area contributed by atoms with E-state index in [0.29, 0.717) is 4.48 Å². The molecular formula is C34H32N+. The van der Waals surface area contributed by atoms with E-state index in [9.17, 15) is 0 Å². The van der Waals surface area contributed by atoms with Crippen molar-refractivity contribution in [3.05, 3.63) is 161 Å². The maximum atomic E-state index is 2.31. The third kappa shape index (κ3) is 4.43. The van der Waals surface area contributed by atoms with Crippen molar-refractivity contribution in [3.8, 4) is 0 Å². The van der Waals surface area contributed by atoms with Gasteiger partial charge in [0.05, 0.1) is 7.05 Å². The number of rotatable bonds is 6. The lowest BCUT2D eigenvalue weighted by Crippen LogP contribution is -2.34. The summed E-state index contributed by atoms with van der Waals surface area (Å²) in [5.41, 5.74) is 10.3. The van der Waals surface area contributed by atoms with Crippen LogP contribution >= 0.6 is 0 Å². The van der Waals surface area contributed by atoms with E-state index in [4.69, 9.17) is 0 Å². The molecule has 0 heterocycles. The molecular weight excluding hydrogens is 422 g/mol. The van der Waals surface area contributed by atoms with Crippen LogP contribution in [0.5, 0.6) is 0 Å². The molecule has 0 aliphatic heterocycles. The van der Waals surface area contributed by atoms with Crippen LogP contribution in [0.4, 0.5) is 17.1 Å². The van der Waals surface area contributed by atoms with Crippen LogP contribution in [0.1, 0.15) is 33.7 Å². The fourth-order valence-electron chi connectivity index (χ4n) is 5.29. The van der Waals surface area contributed by atoms with Gasteiger partial charge in [0, 0.05) is 29.7 Å². The van der Waals surface area contributed by atoms with Crippen LogP contribution < -0.4 is 4.48 Å². The summed E-state index contributed by atoms with van der Waals surface area (Å²) in [6.45, 7) is 4.38. The van der Waals surface area contributed by atoms with Gasteiger partial charge in [-0.15, -0.1) is 0 Å². The molecule has 0 aliphatic rings. The highest BCUT2D eigenvalue weighted by Crippen LogP contribution is 2.44. The molecule has 35 heavy (non-hydrogen) atoms. The summed E-state index contributed by atoms with van der Waals surface area (Å²) in [5.74, 6) is 0.197. The standard InChI is InChI=1S/C34H32N/c1-26-19-24-33(27(2)25-26)35(3,31-17-11-6-12-18-31)32-22-20-30(21-23-32)34(28-13-7-4-8-14-28)29-15-9-5-10-16-29/h4-25,34H,1-3H3/q+1. The Morgan fingerprint density at radius 2 is 0.943 bits per heavy atom. The van der Waals surface area contributed by atoms with Gasteiger partial charge in [0.1, 0.15) is 17.1 Å². The van der Waals surface area contributed by atoms with Crippen molar-refractivity contribution < 1.29 is 0 Å². The molecule has 172 valence electrons. The maximum absolute atomic E-state index is 2.31. The maximum Gasteiger partial charge on any atom is 0.145 e. The van der Waals surface area contributed by atoms with Gasteiger partial charge in [-0.1, -0.05) is 109 Å². The summed E-state index contributed by atoms with van der Waals surface area (Å²) in [6, 6.07) is 48.4. The number of nitrogens with zero attached hydrogens (tertiary/aromatic N) is 1. The Balaban J connectivity index is 1.64. The average Bonchev–Trinajstić information content (AvgIpc) is 2.91. The van der Waals surface area contributed by atoms with E-state index in [1.807, 2.05) is 0 Å². The number of aryl methyl sites for hydroxylation is 2. The van der Waals surface area contributed by atoms with Crippen molar-refractivity contribution in [1.29, 1.82) is 0 Å². The summed E-state index contributed by atoms with van der Waals surface area (Å²) in [5, 5.41) is 0. The second kappa shape index (κ2) is 9.74. The number of hydrogen-bond donors (Lipinski definition) is 0. The van der Waals surface area contributed by atoms with Crippen LogP contribution in [0.15, 0.2) is 133 Å². The van der Waals surface area contributed by atoms with Crippen molar-refractivity contribution >= 4 is 17.1 Å². The zero-order valence-corrected chi connectivity index (χ0v) is 20.7. The first-order valence-electron chi connectivity index (χ1n) is 12.3. The van der Waals surface area contributed by atoms with Crippen LogP contribution in [-0.2, 0) is 0 Å². The molecule has 1 atom stereocenters. The first-order valence-corrected chi connectivity index (χ1v) is 12.3. The molecule has 0 aromatic heterocycles. The Morgan fingerprint density at radius 3 is 1.46 bits per heavy atom. The van der Waals surface area contributed by atoms with E-state index >= 15 is 0 Å². The smallest absolute Gasteiger partial charge is 0.145 e. The van der Waals surface area contributed by atoms with E-state index in [2.05, 4.69) is 154 Å². The lowest BCUT2D eigenvalue weighted by Gasteiger charge is -2.34. The van der Waals surface area contributed by atoms with Gasteiger partial charge >= 0.3 is 0 Å². The topological polar surface area (TPSA) is 0 Å². The molecule has 1 heteroatoms. The highest BCUT2D eigenvalue weighted by atomic mass is 15.3. The van der Waals surface area contributed by atoms with E-state index in [0.717, 1.165) is 0 Å². The Hall–Kier alpha value is -3.94. The molecule has 0 bridgehead atoms. The molecule has 0 radical (unpaired) electrons. The Kier molecular flexibility index (Phi) is 6.35. The highest BCUT2D eigenvalue weighted by molar-refractivity contribution is 5.72. The lowest BCUT2D eigenvalue weighted by molar-refractivity contribution is 0.623. The number of hydrogen-bond acceptors (Lipinski definition) is 0. The summed E-state index contributed by atoms with van der Waals surface area (Å²) in [4.78, 5) is 0. The van der Waals surface area contributed by atoms with Gasteiger partial charge in [-0.05, 0) is 42.7 Å². The summed E-state index contributed by atoms with van der Waals surface area (Å²) < 4.78 is 0.620. The molecule has 0 saturated carbocycles. The average molecular weight is 455 g/mol. The largest absolute Gasteiger partial charge is 0.229 e. The van der Waals surface area contributed by atoms with Crippen molar-refractivity contribution in [2.75, 3.05) is 7.05 Å². The SMILES string of the molecule is Cc1ccc([N+](C)(c2ccccc2)c2ccc(C(c3ccccc3)c3ccccc3)cc2)c(C)c1. The quantitative estimate of drug-likeness (QED) is 0.177. The number of benzene rings is 5. The summed E-state index contributed by atoms with van der Waals surface area (Å²) in [7, 11) is 2.30. The lowest BCUT2D eigenvalue weighted by atomic mass is 9.85. The molecule has 0 N–H and O–H groups in total. The fourth-order valence-corrected chi connectivity index (χ4v) is 5.29.